The normalized spacial score (nSPS) is 18.8. The van der Waals surface area contributed by atoms with E-state index in [0.29, 0.717) is 5.41 Å². The fraction of sp³-hybridized carbons (Fsp3) is 0.636. The van der Waals surface area contributed by atoms with Crippen molar-refractivity contribution in [2.45, 2.75) is 31.6 Å². The number of rotatable bonds is 5. The molecule has 1 aliphatic carbocycles. The third-order valence-corrected chi connectivity index (χ3v) is 3.62. The van der Waals surface area contributed by atoms with Crippen molar-refractivity contribution in [3.63, 3.8) is 0 Å². The summed E-state index contributed by atoms with van der Waals surface area (Å²) in [6.45, 7) is 3.96. The second-order valence-corrected chi connectivity index (χ2v) is 4.63. The molecule has 0 amide bonds. The molecule has 1 aromatic heterocycles. The molecule has 0 bridgehead atoms. The minimum Gasteiger partial charge on any atom is -0.381 e. The van der Waals surface area contributed by atoms with Gasteiger partial charge in [0.1, 0.15) is 0 Å². The molecule has 2 rings (SSSR count). The number of thiophene rings is 1. The van der Waals surface area contributed by atoms with Crippen LogP contribution in [0, 0.1) is 5.38 Å². The monoisotopic (exact) mass is 195 g/mol. The van der Waals surface area contributed by atoms with E-state index in [1.54, 1.807) is 11.3 Å². The van der Waals surface area contributed by atoms with Gasteiger partial charge in [-0.3, -0.25) is 0 Å². The van der Waals surface area contributed by atoms with Crippen molar-refractivity contribution in [2.24, 2.45) is 0 Å². The highest BCUT2D eigenvalue weighted by molar-refractivity contribution is 7.09. The summed E-state index contributed by atoms with van der Waals surface area (Å²) in [7, 11) is 0. The maximum absolute atomic E-state index is 5.63. The summed E-state index contributed by atoms with van der Waals surface area (Å²) in [5.41, 5.74) is 0.389. The van der Waals surface area contributed by atoms with Gasteiger partial charge in [-0.25, -0.2) is 0 Å². The Kier molecular flexibility index (Phi) is 2.70. The Labute approximate surface area is 83.7 Å². The molecule has 0 atom stereocenters. The Bertz CT molecular complexity index is 249. The molecule has 1 saturated carbocycles. The van der Waals surface area contributed by atoms with Crippen LogP contribution < -0.4 is 0 Å². The van der Waals surface area contributed by atoms with Crippen molar-refractivity contribution in [1.82, 2.24) is 0 Å². The van der Waals surface area contributed by atoms with Gasteiger partial charge in [0.05, 0.1) is 6.61 Å². The molecule has 1 heterocycles. The van der Waals surface area contributed by atoms with Crippen LogP contribution in [-0.2, 0) is 10.2 Å². The first kappa shape index (κ1) is 9.22. The van der Waals surface area contributed by atoms with E-state index in [2.05, 4.69) is 18.4 Å². The fourth-order valence-electron chi connectivity index (χ4n) is 1.55. The van der Waals surface area contributed by atoms with Crippen molar-refractivity contribution in [2.75, 3.05) is 13.2 Å². The van der Waals surface area contributed by atoms with Crippen LogP contribution >= 0.6 is 11.3 Å². The van der Waals surface area contributed by atoms with Crippen molar-refractivity contribution in [1.29, 1.82) is 0 Å². The summed E-state index contributed by atoms with van der Waals surface area (Å²) in [5.74, 6) is 0. The van der Waals surface area contributed by atoms with E-state index in [9.17, 15) is 0 Å². The van der Waals surface area contributed by atoms with Crippen LogP contribution in [0.25, 0.3) is 0 Å². The second-order valence-electron chi connectivity index (χ2n) is 3.75. The quantitative estimate of drug-likeness (QED) is 0.656. The molecule has 0 aromatic carbocycles. The fourth-order valence-corrected chi connectivity index (χ4v) is 2.43. The molecule has 0 aliphatic heterocycles. The van der Waals surface area contributed by atoms with Crippen LogP contribution in [0.1, 0.15) is 31.1 Å². The largest absolute Gasteiger partial charge is 0.381 e. The first-order valence-electron chi connectivity index (χ1n) is 4.91. The van der Waals surface area contributed by atoms with Gasteiger partial charge in [-0.2, -0.15) is 0 Å². The lowest BCUT2D eigenvalue weighted by Crippen LogP contribution is -2.14. The maximum Gasteiger partial charge on any atom is 0.0570 e. The Balaban J connectivity index is 1.90. The van der Waals surface area contributed by atoms with E-state index >= 15 is 0 Å². The molecule has 0 spiro atoms. The van der Waals surface area contributed by atoms with Crippen LogP contribution in [0.3, 0.4) is 0 Å². The Hall–Kier alpha value is -0.340. The van der Waals surface area contributed by atoms with Crippen molar-refractivity contribution >= 4 is 11.3 Å². The number of hydrogen-bond acceptors (Lipinski definition) is 2. The predicted molar refractivity (Wildman–Crippen MR) is 55.2 cm³/mol. The number of ether oxygens (including phenoxy) is 1. The molecular formula is C11H15OS. The van der Waals surface area contributed by atoms with E-state index < -0.39 is 0 Å². The van der Waals surface area contributed by atoms with Gasteiger partial charge in [0.2, 0.25) is 0 Å². The van der Waals surface area contributed by atoms with Crippen LogP contribution in [0.5, 0.6) is 0 Å². The Morgan fingerprint density at radius 3 is 3.00 bits per heavy atom. The second kappa shape index (κ2) is 3.81. The molecular weight excluding hydrogens is 180 g/mol. The topological polar surface area (TPSA) is 9.23 Å². The lowest BCUT2D eigenvalue weighted by Gasteiger charge is -2.12. The maximum atomic E-state index is 5.63. The molecule has 1 radical (unpaired) electrons. The smallest absolute Gasteiger partial charge is 0.0570 e. The van der Waals surface area contributed by atoms with Crippen LogP contribution in [0.2, 0.25) is 0 Å². The average molecular weight is 195 g/mol. The lowest BCUT2D eigenvalue weighted by atomic mass is 10.1. The van der Waals surface area contributed by atoms with Gasteiger partial charge in [0, 0.05) is 22.3 Å². The number of hydrogen-bond donors (Lipinski definition) is 0. The molecule has 0 saturated heterocycles. The first-order valence-corrected chi connectivity index (χ1v) is 5.73. The van der Waals surface area contributed by atoms with Crippen LogP contribution in [-0.4, -0.2) is 13.2 Å². The zero-order chi connectivity index (χ0) is 9.15. The third kappa shape index (κ3) is 1.94. The lowest BCUT2D eigenvalue weighted by molar-refractivity contribution is 0.115. The predicted octanol–water partition coefficient (Wildman–Crippen LogP) is 3.01. The summed E-state index contributed by atoms with van der Waals surface area (Å²) in [6, 6.07) is 4.20. The average Bonchev–Trinajstić information content (AvgIpc) is 2.74. The highest BCUT2D eigenvalue weighted by Crippen LogP contribution is 2.49. The summed E-state index contributed by atoms with van der Waals surface area (Å²) < 4.78 is 5.63. The van der Waals surface area contributed by atoms with Gasteiger partial charge < -0.3 is 4.74 Å². The van der Waals surface area contributed by atoms with Gasteiger partial charge >= 0.3 is 0 Å². The molecule has 1 fully saturated rings. The van der Waals surface area contributed by atoms with E-state index in [4.69, 9.17) is 4.74 Å². The van der Waals surface area contributed by atoms with Crippen molar-refractivity contribution in [3.05, 3.63) is 22.4 Å². The van der Waals surface area contributed by atoms with E-state index in [1.165, 1.54) is 17.7 Å². The minimum absolute atomic E-state index is 0.389. The molecule has 1 nitrogen and oxygen atoms in total. The summed E-state index contributed by atoms with van der Waals surface area (Å²) >= 11 is 1.75. The van der Waals surface area contributed by atoms with E-state index in [-0.39, 0.29) is 0 Å². The Morgan fingerprint density at radius 1 is 1.62 bits per heavy atom. The summed E-state index contributed by atoms with van der Waals surface area (Å²) in [6.07, 6.45) is 3.71. The van der Waals surface area contributed by atoms with Crippen LogP contribution in [0.4, 0.5) is 0 Å². The van der Waals surface area contributed by atoms with Crippen molar-refractivity contribution in [3.8, 4) is 0 Å². The van der Waals surface area contributed by atoms with Gasteiger partial charge in [0.15, 0.2) is 0 Å². The zero-order valence-corrected chi connectivity index (χ0v) is 8.82. The Morgan fingerprint density at radius 2 is 2.46 bits per heavy atom. The van der Waals surface area contributed by atoms with Crippen LogP contribution in [0.15, 0.2) is 12.1 Å². The highest BCUT2D eigenvalue weighted by atomic mass is 32.1. The van der Waals surface area contributed by atoms with E-state index in [1.807, 2.05) is 6.07 Å². The van der Waals surface area contributed by atoms with Gasteiger partial charge in [-0.05, 0) is 31.4 Å². The molecule has 2 heteroatoms. The molecule has 71 valence electrons. The molecule has 1 aliphatic rings. The standard InChI is InChI=1S/C11H15OS/c1-2-7-12-9-11(5-6-11)10-4-3-8-13-10/h3-4H,2,5-7,9H2,1H3. The molecule has 0 unspecified atom stereocenters. The van der Waals surface area contributed by atoms with E-state index in [0.717, 1.165) is 19.6 Å². The third-order valence-electron chi connectivity index (χ3n) is 2.57. The minimum atomic E-state index is 0.389. The zero-order valence-electron chi connectivity index (χ0n) is 8.01. The molecule has 1 aromatic rings. The first-order chi connectivity index (χ1) is 6.37. The summed E-state index contributed by atoms with van der Waals surface area (Å²) in [4.78, 5) is 1.46. The molecule has 13 heavy (non-hydrogen) atoms. The molecule has 0 N–H and O–H groups in total. The van der Waals surface area contributed by atoms with Crippen molar-refractivity contribution < 1.29 is 4.74 Å². The highest BCUT2D eigenvalue weighted by Gasteiger charge is 2.45. The SMILES string of the molecule is CCCOCC1(c2cc[c]s2)CC1. The van der Waals surface area contributed by atoms with Gasteiger partial charge in [-0.15, -0.1) is 11.3 Å². The summed E-state index contributed by atoms with van der Waals surface area (Å²) in [5, 5.41) is 3.15. The van der Waals surface area contributed by atoms with Gasteiger partial charge in [0.25, 0.3) is 0 Å². The van der Waals surface area contributed by atoms with Gasteiger partial charge in [-0.1, -0.05) is 6.92 Å².